The van der Waals surface area contributed by atoms with Crippen LogP contribution in [0.5, 0.6) is 0 Å². The molecule has 0 atom stereocenters. The number of hydrogen-bond donors (Lipinski definition) is 1. The first-order valence-electron chi connectivity index (χ1n) is 5.85. The lowest BCUT2D eigenvalue weighted by molar-refractivity contribution is 0.620. The van der Waals surface area contributed by atoms with Gasteiger partial charge in [0.1, 0.15) is 11.6 Å². The van der Waals surface area contributed by atoms with E-state index in [9.17, 15) is 4.39 Å². The second-order valence-electron chi connectivity index (χ2n) is 4.22. The Morgan fingerprint density at radius 3 is 2.80 bits per heavy atom. The zero-order valence-corrected chi connectivity index (χ0v) is 11.9. The minimum atomic E-state index is -0.323. The van der Waals surface area contributed by atoms with Crippen LogP contribution >= 0.6 is 15.9 Å². The molecule has 0 aliphatic heterocycles. The second-order valence-corrected chi connectivity index (χ2v) is 5.07. The first-order valence-corrected chi connectivity index (χ1v) is 6.64. The van der Waals surface area contributed by atoms with Crippen LogP contribution in [0.3, 0.4) is 0 Å². The van der Waals surface area contributed by atoms with Gasteiger partial charge in [0.05, 0.1) is 28.4 Å². The van der Waals surface area contributed by atoms with Crippen LogP contribution in [-0.4, -0.2) is 14.5 Å². The van der Waals surface area contributed by atoms with Crippen LogP contribution in [0.4, 0.5) is 10.2 Å². The van der Waals surface area contributed by atoms with Crippen molar-refractivity contribution >= 4 is 21.7 Å². The van der Waals surface area contributed by atoms with Crippen LogP contribution in [0, 0.1) is 5.82 Å². The first-order chi connectivity index (χ1) is 9.65. The zero-order chi connectivity index (χ0) is 14.1. The number of nitrogen functional groups attached to an aromatic ring is 1. The van der Waals surface area contributed by atoms with Crippen LogP contribution in [0.25, 0.3) is 16.9 Å². The van der Waals surface area contributed by atoms with E-state index in [1.54, 1.807) is 35.4 Å². The highest BCUT2D eigenvalue weighted by molar-refractivity contribution is 9.10. The number of nitrogens with two attached hydrogens (primary N) is 1. The predicted octanol–water partition coefficient (Wildman–Crippen LogP) is 3.42. The van der Waals surface area contributed by atoms with Gasteiger partial charge < -0.3 is 5.73 Å². The summed E-state index contributed by atoms with van der Waals surface area (Å²) in [6, 6.07) is 8.50. The lowest BCUT2D eigenvalue weighted by atomic mass is 10.2. The van der Waals surface area contributed by atoms with Crippen molar-refractivity contribution in [2.75, 3.05) is 5.73 Å². The maximum Gasteiger partial charge on any atom is 0.139 e. The van der Waals surface area contributed by atoms with Crippen molar-refractivity contribution < 1.29 is 4.39 Å². The molecule has 2 heterocycles. The van der Waals surface area contributed by atoms with Crippen molar-refractivity contribution in [1.82, 2.24) is 14.5 Å². The largest absolute Gasteiger partial charge is 0.384 e. The molecule has 0 fully saturated rings. The number of benzene rings is 1. The molecule has 3 rings (SSSR count). The number of anilines is 1. The maximum absolute atomic E-state index is 13.7. The van der Waals surface area contributed by atoms with Crippen molar-refractivity contribution in [2.24, 2.45) is 0 Å². The van der Waals surface area contributed by atoms with Gasteiger partial charge in [0, 0.05) is 11.8 Å². The minimum Gasteiger partial charge on any atom is -0.384 e. The first kappa shape index (κ1) is 12.8. The van der Waals surface area contributed by atoms with Gasteiger partial charge in [-0.1, -0.05) is 0 Å². The second kappa shape index (κ2) is 5.05. The van der Waals surface area contributed by atoms with Crippen molar-refractivity contribution in [3.05, 3.63) is 59.3 Å². The summed E-state index contributed by atoms with van der Waals surface area (Å²) in [5.41, 5.74) is 8.07. The molecule has 2 N–H and O–H groups in total. The molecule has 4 nitrogen and oxygen atoms in total. The highest BCUT2D eigenvalue weighted by atomic mass is 79.9. The van der Waals surface area contributed by atoms with Crippen molar-refractivity contribution in [3.63, 3.8) is 0 Å². The normalized spacial score (nSPS) is 10.7. The average Bonchev–Trinajstić information content (AvgIpc) is 2.91. The SMILES string of the molecule is Nc1cc(-c2cncn2-c2ccc(Br)c(F)c2)ccn1. The van der Waals surface area contributed by atoms with Crippen molar-refractivity contribution in [1.29, 1.82) is 0 Å². The Bertz CT molecular complexity index is 769. The summed E-state index contributed by atoms with van der Waals surface area (Å²) in [6.45, 7) is 0. The van der Waals surface area contributed by atoms with Crippen LogP contribution in [0.1, 0.15) is 0 Å². The van der Waals surface area contributed by atoms with E-state index in [1.807, 2.05) is 12.1 Å². The fraction of sp³-hybridized carbons (Fsp3) is 0. The van der Waals surface area contributed by atoms with E-state index in [-0.39, 0.29) is 5.82 Å². The third-order valence-electron chi connectivity index (χ3n) is 2.90. The van der Waals surface area contributed by atoms with Crippen molar-refractivity contribution in [3.8, 4) is 16.9 Å². The van der Waals surface area contributed by atoms with E-state index < -0.39 is 0 Å². The van der Waals surface area contributed by atoms with Crippen LogP contribution in [0.2, 0.25) is 0 Å². The molecule has 0 spiro atoms. The van der Waals surface area contributed by atoms with Crippen LogP contribution in [-0.2, 0) is 0 Å². The molecule has 6 heteroatoms. The minimum absolute atomic E-state index is 0.323. The quantitative estimate of drug-likeness (QED) is 0.782. The molecule has 2 aromatic heterocycles. The molecule has 0 saturated carbocycles. The van der Waals surface area contributed by atoms with Crippen LogP contribution < -0.4 is 5.73 Å². The molecule has 1 aromatic carbocycles. The standard InChI is InChI=1S/C14H10BrFN4/c15-11-2-1-10(6-12(11)16)20-8-18-7-13(20)9-3-4-19-14(17)5-9/h1-8H,(H2,17,19). The van der Waals surface area contributed by atoms with Gasteiger partial charge in [0.15, 0.2) is 0 Å². The molecule has 0 amide bonds. The Hall–Kier alpha value is -2.21. The smallest absolute Gasteiger partial charge is 0.139 e. The maximum atomic E-state index is 13.7. The lowest BCUT2D eigenvalue weighted by Crippen LogP contribution is -1.97. The number of imidazole rings is 1. The Labute approximate surface area is 123 Å². The summed E-state index contributed by atoms with van der Waals surface area (Å²) >= 11 is 3.14. The van der Waals surface area contributed by atoms with Gasteiger partial charge >= 0.3 is 0 Å². The van der Waals surface area contributed by atoms with E-state index in [4.69, 9.17) is 5.73 Å². The summed E-state index contributed by atoms with van der Waals surface area (Å²) in [5.74, 6) is 0.105. The summed E-state index contributed by atoms with van der Waals surface area (Å²) in [5, 5.41) is 0. The Kier molecular flexibility index (Phi) is 3.23. The van der Waals surface area contributed by atoms with Gasteiger partial charge in [-0.3, -0.25) is 4.57 Å². The highest BCUT2D eigenvalue weighted by Crippen LogP contribution is 2.25. The van der Waals surface area contributed by atoms with Gasteiger partial charge in [-0.25, -0.2) is 14.4 Å². The molecular formula is C14H10BrFN4. The average molecular weight is 333 g/mol. The zero-order valence-electron chi connectivity index (χ0n) is 10.3. The lowest BCUT2D eigenvalue weighted by Gasteiger charge is -2.09. The van der Waals surface area contributed by atoms with Gasteiger partial charge in [-0.2, -0.15) is 0 Å². The number of hydrogen-bond acceptors (Lipinski definition) is 3. The van der Waals surface area contributed by atoms with Gasteiger partial charge in [0.25, 0.3) is 0 Å². The number of aromatic nitrogens is 3. The van der Waals surface area contributed by atoms with E-state index in [0.717, 1.165) is 11.3 Å². The van der Waals surface area contributed by atoms with Crippen LogP contribution in [0.15, 0.2) is 53.5 Å². The van der Waals surface area contributed by atoms with E-state index >= 15 is 0 Å². The Morgan fingerprint density at radius 1 is 1.20 bits per heavy atom. The third-order valence-corrected chi connectivity index (χ3v) is 3.54. The van der Waals surface area contributed by atoms with Crippen molar-refractivity contribution in [2.45, 2.75) is 0 Å². The molecule has 3 aromatic rings. The number of nitrogens with zero attached hydrogens (tertiary/aromatic N) is 3. The molecule has 0 aliphatic rings. The van der Waals surface area contributed by atoms with E-state index in [0.29, 0.717) is 16.0 Å². The molecule has 0 radical (unpaired) electrons. The Morgan fingerprint density at radius 2 is 2.05 bits per heavy atom. The molecular weight excluding hydrogens is 323 g/mol. The van der Waals surface area contributed by atoms with Gasteiger partial charge in [0.2, 0.25) is 0 Å². The fourth-order valence-electron chi connectivity index (χ4n) is 1.96. The molecule has 100 valence electrons. The molecule has 0 unspecified atom stereocenters. The summed E-state index contributed by atoms with van der Waals surface area (Å²) < 4.78 is 15.9. The monoisotopic (exact) mass is 332 g/mol. The fourth-order valence-corrected chi connectivity index (χ4v) is 2.20. The highest BCUT2D eigenvalue weighted by Gasteiger charge is 2.09. The molecule has 0 aliphatic carbocycles. The summed E-state index contributed by atoms with van der Waals surface area (Å²) in [7, 11) is 0. The number of halogens is 2. The topological polar surface area (TPSA) is 56.7 Å². The summed E-state index contributed by atoms with van der Waals surface area (Å²) in [4.78, 5) is 8.08. The molecule has 0 saturated heterocycles. The van der Waals surface area contributed by atoms with Gasteiger partial charge in [-0.15, -0.1) is 0 Å². The van der Waals surface area contributed by atoms with Gasteiger partial charge in [-0.05, 0) is 46.3 Å². The van der Waals surface area contributed by atoms with E-state index in [2.05, 4.69) is 25.9 Å². The number of pyridine rings is 1. The summed E-state index contributed by atoms with van der Waals surface area (Å²) in [6.07, 6.45) is 4.97. The third kappa shape index (κ3) is 2.30. The number of rotatable bonds is 2. The van der Waals surface area contributed by atoms with E-state index in [1.165, 1.54) is 6.07 Å². The predicted molar refractivity (Wildman–Crippen MR) is 78.9 cm³/mol. The molecule has 0 bridgehead atoms. The Balaban J connectivity index is 2.12. The molecule has 20 heavy (non-hydrogen) atoms.